The second-order valence-corrected chi connectivity index (χ2v) is 11.7. The smallest absolute Gasteiger partial charge is 0.416 e. The van der Waals surface area contributed by atoms with Crippen LogP contribution in [0.15, 0.2) is 60.8 Å². The molecule has 4 aromatic rings. The van der Waals surface area contributed by atoms with Crippen molar-refractivity contribution in [1.29, 1.82) is 0 Å². The number of alkyl carbamates (subject to hydrolysis) is 1. The van der Waals surface area contributed by atoms with Crippen LogP contribution in [-0.2, 0) is 47.6 Å². The van der Waals surface area contributed by atoms with Gasteiger partial charge in [-0.15, -0.1) is 0 Å². The first-order valence-electron chi connectivity index (χ1n) is 14.1. The molecule has 17 heteroatoms. The number of carbonyl (C=O) groups is 2. The third kappa shape index (κ3) is 9.38. The van der Waals surface area contributed by atoms with Crippen molar-refractivity contribution in [3.63, 3.8) is 0 Å². The van der Waals surface area contributed by atoms with Crippen LogP contribution in [0, 0.1) is 0 Å². The number of halogens is 9. The SMILES string of the molecule is CC(C)(C)OC(=O)NC(Cc1cccc(C(F)(F)F)c1)C(=O)NCc1nc2cccnc2n1Cc1cc(C(F)(F)F)cc(C(F)(F)F)c1. The highest BCUT2D eigenvalue weighted by Crippen LogP contribution is 2.37. The Kier molecular flexibility index (Phi) is 10.0. The van der Waals surface area contributed by atoms with Crippen LogP contribution in [-0.4, -0.2) is 38.2 Å². The highest BCUT2D eigenvalue weighted by atomic mass is 19.4. The maximum Gasteiger partial charge on any atom is 0.416 e. The number of aromatic nitrogens is 3. The lowest BCUT2D eigenvalue weighted by atomic mass is 10.0. The van der Waals surface area contributed by atoms with E-state index < -0.39 is 78.4 Å². The van der Waals surface area contributed by atoms with Gasteiger partial charge in [0, 0.05) is 12.6 Å². The molecule has 2 heterocycles. The van der Waals surface area contributed by atoms with E-state index in [1.807, 2.05) is 0 Å². The number of nitrogens with zero attached hydrogens (tertiary/aromatic N) is 3. The highest BCUT2D eigenvalue weighted by Gasteiger charge is 2.37. The van der Waals surface area contributed by atoms with Crippen LogP contribution in [0.2, 0.25) is 0 Å². The molecule has 2 aromatic carbocycles. The Hall–Kier alpha value is -4.83. The van der Waals surface area contributed by atoms with Crippen molar-refractivity contribution in [3.05, 3.63) is 94.4 Å². The van der Waals surface area contributed by atoms with Gasteiger partial charge in [0.2, 0.25) is 5.91 Å². The summed E-state index contributed by atoms with van der Waals surface area (Å²) in [5, 5.41) is 4.82. The topological polar surface area (TPSA) is 98.1 Å². The molecule has 258 valence electrons. The van der Waals surface area contributed by atoms with Crippen LogP contribution in [0.1, 0.15) is 54.4 Å². The number of hydrogen-bond donors (Lipinski definition) is 2. The van der Waals surface area contributed by atoms with E-state index in [9.17, 15) is 49.1 Å². The summed E-state index contributed by atoms with van der Waals surface area (Å²) in [5.41, 5.74) is -5.08. The summed E-state index contributed by atoms with van der Waals surface area (Å²) in [7, 11) is 0. The largest absolute Gasteiger partial charge is 0.444 e. The summed E-state index contributed by atoms with van der Waals surface area (Å²) >= 11 is 0. The van der Waals surface area contributed by atoms with E-state index >= 15 is 0 Å². The number of pyridine rings is 1. The Labute approximate surface area is 267 Å². The predicted molar refractivity (Wildman–Crippen MR) is 153 cm³/mol. The van der Waals surface area contributed by atoms with Crippen LogP contribution in [0.25, 0.3) is 11.2 Å². The molecule has 0 saturated carbocycles. The Morgan fingerprint density at radius 1 is 0.812 bits per heavy atom. The van der Waals surface area contributed by atoms with Crippen LogP contribution in [0.5, 0.6) is 0 Å². The summed E-state index contributed by atoms with van der Waals surface area (Å²) in [6.07, 6.45) is -15.0. The zero-order chi connectivity index (χ0) is 35.7. The second-order valence-electron chi connectivity index (χ2n) is 11.7. The third-order valence-electron chi connectivity index (χ3n) is 6.69. The zero-order valence-electron chi connectivity index (χ0n) is 25.4. The molecule has 0 bridgehead atoms. The standard InChI is InChI=1S/C31H28F9N5O3/c1-28(2,3)48-27(47)44-23(13-17-6-4-7-19(10-17)29(32,33)34)26(46)42-15-24-43-22-8-5-9-41-25(22)45(24)16-18-11-20(30(35,36)37)14-21(12-18)31(38,39)40/h4-12,14,23H,13,15-16H2,1-3H3,(H,42,46)(H,44,47). The van der Waals surface area contributed by atoms with Gasteiger partial charge < -0.3 is 19.9 Å². The quantitative estimate of drug-likeness (QED) is 0.190. The molecular weight excluding hydrogens is 661 g/mol. The molecule has 8 nitrogen and oxygen atoms in total. The number of hydrogen-bond acceptors (Lipinski definition) is 5. The maximum absolute atomic E-state index is 13.5. The van der Waals surface area contributed by atoms with Gasteiger partial charge in [-0.05, 0) is 68.3 Å². The fourth-order valence-corrected chi connectivity index (χ4v) is 4.66. The lowest BCUT2D eigenvalue weighted by Crippen LogP contribution is -2.49. The van der Waals surface area contributed by atoms with Gasteiger partial charge in [0.15, 0.2) is 5.65 Å². The van der Waals surface area contributed by atoms with Crippen molar-refractivity contribution >= 4 is 23.2 Å². The molecule has 0 aliphatic heterocycles. The average Bonchev–Trinajstić information content (AvgIpc) is 3.30. The van der Waals surface area contributed by atoms with E-state index in [0.29, 0.717) is 12.1 Å². The molecule has 2 N–H and O–H groups in total. The fraction of sp³-hybridized carbons (Fsp3) is 0.355. The number of amides is 2. The lowest BCUT2D eigenvalue weighted by Gasteiger charge is -2.23. The van der Waals surface area contributed by atoms with Crippen LogP contribution >= 0.6 is 0 Å². The van der Waals surface area contributed by atoms with Gasteiger partial charge in [-0.3, -0.25) is 4.79 Å². The molecule has 1 unspecified atom stereocenters. The van der Waals surface area contributed by atoms with E-state index in [2.05, 4.69) is 20.6 Å². The molecule has 48 heavy (non-hydrogen) atoms. The summed E-state index contributed by atoms with van der Waals surface area (Å²) in [6.45, 7) is 3.63. The van der Waals surface area contributed by atoms with Crippen molar-refractivity contribution in [2.45, 2.75) is 70.5 Å². The predicted octanol–water partition coefficient (Wildman–Crippen LogP) is 7.29. The van der Waals surface area contributed by atoms with E-state index in [1.165, 1.54) is 29.0 Å². The van der Waals surface area contributed by atoms with E-state index in [4.69, 9.17) is 4.74 Å². The van der Waals surface area contributed by atoms with Gasteiger partial charge in [-0.2, -0.15) is 39.5 Å². The molecule has 0 fully saturated rings. The van der Waals surface area contributed by atoms with Gasteiger partial charge in [0.1, 0.15) is 23.0 Å². The molecule has 0 radical (unpaired) electrons. The van der Waals surface area contributed by atoms with Gasteiger partial charge in [-0.1, -0.05) is 18.2 Å². The molecular formula is C31H28F9N5O3. The van der Waals surface area contributed by atoms with E-state index in [-0.39, 0.29) is 34.2 Å². The monoisotopic (exact) mass is 689 g/mol. The molecule has 0 aliphatic rings. The number of benzene rings is 2. The lowest BCUT2D eigenvalue weighted by molar-refractivity contribution is -0.143. The molecule has 1 atom stereocenters. The van der Waals surface area contributed by atoms with Gasteiger partial charge in [0.05, 0.1) is 29.8 Å². The van der Waals surface area contributed by atoms with Crippen LogP contribution < -0.4 is 10.6 Å². The van der Waals surface area contributed by atoms with Gasteiger partial charge in [0.25, 0.3) is 0 Å². The second kappa shape index (κ2) is 13.4. The Balaban J connectivity index is 1.65. The molecule has 0 spiro atoms. The molecule has 4 rings (SSSR count). The van der Waals surface area contributed by atoms with Crippen molar-refractivity contribution < 1.29 is 53.8 Å². The summed E-state index contributed by atoms with van der Waals surface area (Å²) in [4.78, 5) is 34.4. The number of imidazole rings is 1. The third-order valence-corrected chi connectivity index (χ3v) is 6.69. The molecule has 2 aromatic heterocycles. The zero-order valence-corrected chi connectivity index (χ0v) is 25.4. The van der Waals surface area contributed by atoms with E-state index in [1.54, 1.807) is 20.8 Å². The van der Waals surface area contributed by atoms with Gasteiger partial charge >= 0.3 is 24.6 Å². The number of rotatable bonds is 8. The summed E-state index contributed by atoms with van der Waals surface area (Å²) in [6, 6.07) is 6.71. The molecule has 0 saturated heterocycles. The summed E-state index contributed by atoms with van der Waals surface area (Å²) in [5.74, 6) is -0.929. The fourth-order valence-electron chi connectivity index (χ4n) is 4.66. The van der Waals surface area contributed by atoms with Crippen molar-refractivity contribution in [3.8, 4) is 0 Å². The van der Waals surface area contributed by atoms with Gasteiger partial charge in [-0.25, -0.2) is 14.8 Å². The minimum atomic E-state index is -5.09. The van der Waals surface area contributed by atoms with Crippen LogP contribution in [0.4, 0.5) is 44.3 Å². The number of alkyl halides is 9. The number of carbonyl (C=O) groups excluding carboxylic acids is 2. The van der Waals surface area contributed by atoms with Crippen molar-refractivity contribution in [2.75, 3.05) is 0 Å². The van der Waals surface area contributed by atoms with Crippen molar-refractivity contribution in [2.24, 2.45) is 0 Å². The highest BCUT2D eigenvalue weighted by molar-refractivity contribution is 5.86. The Morgan fingerprint density at radius 3 is 2.00 bits per heavy atom. The Morgan fingerprint density at radius 2 is 1.42 bits per heavy atom. The molecule has 0 aliphatic carbocycles. The maximum atomic E-state index is 13.5. The average molecular weight is 690 g/mol. The minimum absolute atomic E-state index is 0.00287. The first-order valence-corrected chi connectivity index (χ1v) is 14.1. The number of fused-ring (bicyclic) bond motifs is 1. The first-order chi connectivity index (χ1) is 22.1. The normalized spacial score (nSPS) is 13.3. The minimum Gasteiger partial charge on any atom is -0.444 e. The number of nitrogens with one attached hydrogen (secondary N) is 2. The summed E-state index contributed by atoms with van der Waals surface area (Å²) < 4.78 is 127. The van der Waals surface area contributed by atoms with E-state index in [0.717, 1.165) is 18.2 Å². The Bertz CT molecular complexity index is 1760. The molecule has 2 amide bonds. The number of ether oxygens (including phenoxy) is 1. The van der Waals surface area contributed by atoms with Crippen LogP contribution in [0.3, 0.4) is 0 Å². The first kappa shape index (κ1) is 36.0. The van der Waals surface area contributed by atoms with Crippen molar-refractivity contribution in [1.82, 2.24) is 25.2 Å².